The van der Waals surface area contributed by atoms with Gasteiger partial charge in [-0.3, -0.25) is 0 Å². The predicted molar refractivity (Wildman–Crippen MR) is 155 cm³/mol. The van der Waals surface area contributed by atoms with Crippen LogP contribution >= 0.6 is 0 Å². The minimum atomic E-state index is 0. The fourth-order valence-corrected chi connectivity index (χ4v) is 5.46. The van der Waals surface area contributed by atoms with E-state index < -0.39 is 0 Å². The van der Waals surface area contributed by atoms with Crippen molar-refractivity contribution in [2.75, 3.05) is 0 Å². The van der Waals surface area contributed by atoms with Gasteiger partial charge in [0.2, 0.25) is 0 Å². The largest absolute Gasteiger partial charge is 0.304 e. The van der Waals surface area contributed by atoms with Crippen LogP contribution in [0.1, 0.15) is 5.69 Å². The van der Waals surface area contributed by atoms with Crippen molar-refractivity contribution in [3.05, 3.63) is 133 Å². The Balaban J connectivity index is 0.000000162. The van der Waals surface area contributed by atoms with Crippen molar-refractivity contribution in [3.8, 4) is 11.3 Å². The molecule has 3 heteroatoms. The fourth-order valence-electron chi connectivity index (χ4n) is 5.46. The molecule has 0 spiro atoms. The van der Waals surface area contributed by atoms with E-state index in [1.165, 1.54) is 43.1 Å². The number of nitrogens with zero attached hydrogens (tertiary/aromatic N) is 2. The van der Waals surface area contributed by atoms with Crippen LogP contribution in [0.4, 0.5) is 0 Å². The van der Waals surface area contributed by atoms with Crippen molar-refractivity contribution >= 4 is 54.0 Å². The second kappa shape index (κ2) is 9.95. The molecule has 2 nitrogen and oxygen atoms in total. The van der Waals surface area contributed by atoms with E-state index in [4.69, 9.17) is 4.98 Å². The Hall–Kier alpha value is -4.17. The Morgan fingerprint density at radius 1 is 0.553 bits per heavy atom. The van der Waals surface area contributed by atoms with Crippen LogP contribution in [0.3, 0.4) is 0 Å². The van der Waals surface area contributed by atoms with Crippen LogP contribution in [-0.2, 0) is 20.1 Å². The van der Waals surface area contributed by atoms with Gasteiger partial charge in [0, 0.05) is 32.0 Å². The first-order valence-corrected chi connectivity index (χ1v) is 12.4. The van der Waals surface area contributed by atoms with E-state index >= 15 is 0 Å². The second-order valence-electron chi connectivity index (χ2n) is 9.26. The molecule has 0 saturated heterocycles. The van der Waals surface area contributed by atoms with Crippen molar-refractivity contribution in [2.45, 2.75) is 6.92 Å². The normalized spacial score (nSPS) is 11.1. The summed E-state index contributed by atoms with van der Waals surface area (Å²) in [6.07, 6.45) is 1.93. The third kappa shape index (κ3) is 3.92. The number of hydrogen-bond acceptors (Lipinski definition) is 2. The summed E-state index contributed by atoms with van der Waals surface area (Å²) in [5.74, 6) is 0. The zero-order valence-corrected chi connectivity index (χ0v) is 23.1. The molecule has 2 aromatic heterocycles. The van der Waals surface area contributed by atoms with E-state index in [-0.39, 0.29) is 20.1 Å². The molecule has 8 rings (SSSR count). The maximum absolute atomic E-state index is 4.74. The third-order valence-electron chi connectivity index (χ3n) is 7.03. The molecule has 0 unspecified atom stereocenters. The number of benzene rings is 6. The summed E-state index contributed by atoms with van der Waals surface area (Å²) in [6.45, 7) is 1.99. The van der Waals surface area contributed by atoms with Crippen molar-refractivity contribution in [1.29, 1.82) is 0 Å². The van der Waals surface area contributed by atoms with Crippen LogP contribution in [-0.4, -0.2) is 9.97 Å². The minimum absolute atomic E-state index is 0. The zero-order chi connectivity index (χ0) is 24.8. The van der Waals surface area contributed by atoms with Crippen LogP contribution in [0, 0.1) is 19.1 Å². The molecule has 0 N–H and O–H groups in total. The minimum Gasteiger partial charge on any atom is -0.304 e. The van der Waals surface area contributed by atoms with Gasteiger partial charge in [0.05, 0.1) is 0 Å². The molecule has 0 aliphatic heterocycles. The van der Waals surface area contributed by atoms with Gasteiger partial charge in [0.25, 0.3) is 0 Å². The van der Waals surface area contributed by atoms with Crippen molar-refractivity contribution in [1.82, 2.24) is 9.97 Å². The standard InChI is InChI=1S/C23H12N.C12H10N.Ir/c1-2-7-15-14(6-1)17-10-5-11-18-16-8-3-4-9-20(16)23-22(21(17)18)19(15)12-13-24-23;1-10-6-5-9-12(13-10)11-7-3-2-4-8-11;/h1-8,10-13H;2-7,9H,1H3;/q2*-1;. The molecule has 8 aromatic rings. The second-order valence-corrected chi connectivity index (χ2v) is 9.26. The fraction of sp³-hybridized carbons (Fsp3) is 0.0286. The summed E-state index contributed by atoms with van der Waals surface area (Å²) in [5, 5.41) is 11.4. The van der Waals surface area contributed by atoms with E-state index in [1.54, 1.807) is 0 Å². The molecule has 0 fully saturated rings. The van der Waals surface area contributed by atoms with Crippen molar-refractivity contribution in [3.63, 3.8) is 0 Å². The monoisotopic (exact) mass is 663 g/mol. The molecule has 0 aliphatic rings. The Bertz CT molecular complexity index is 1840. The van der Waals surface area contributed by atoms with Crippen LogP contribution < -0.4 is 0 Å². The number of rotatable bonds is 1. The van der Waals surface area contributed by atoms with Crippen molar-refractivity contribution in [2.24, 2.45) is 0 Å². The van der Waals surface area contributed by atoms with E-state index in [9.17, 15) is 0 Å². The summed E-state index contributed by atoms with van der Waals surface area (Å²) in [4.78, 5) is 9.15. The van der Waals surface area contributed by atoms with Crippen LogP contribution in [0.2, 0.25) is 0 Å². The number of aryl methyl sites for hydroxylation is 1. The third-order valence-corrected chi connectivity index (χ3v) is 7.03. The summed E-state index contributed by atoms with van der Waals surface area (Å²) in [6, 6.07) is 44.1. The van der Waals surface area contributed by atoms with Crippen LogP contribution in [0.15, 0.2) is 115 Å². The van der Waals surface area contributed by atoms with Gasteiger partial charge in [-0.1, -0.05) is 65.4 Å². The van der Waals surface area contributed by atoms with Crippen LogP contribution in [0.25, 0.3) is 65.3 Å². The van der Waals surface area contributed by atoms with Crippen molar-refractivity contribution < 1.29 is 20.1 Å². The summed E-state index contributed by atoms with van der Waals surface area (Å²) in [7, 11) is 0. The average molecular weight is 663 g/mol. The van der Waals surface area contributed by atoms with Gasteiger partial charge in [0.15, 0.2) is 0 Å². The smallest absolute Gasteiger partial charge is 0.0266 e. The molecular formula is C35H22IrN2-2. The average Bonchev–Trinajstić information content (AvgIpc) is 2.97. The number of hydrogen-bond donors (Lipinski definition) is 0. The van der Waals surface area contributed by atoms with Gasteiger partial charge in [-0.05, 0) is 62.6 Å². The Morgan fingerprint density at radius 2 is 1.21 bits per heavy atom. The Morgan fingerprint density at radius 3 is 1.97 bits per heavy atom. The first-order chi connectivity index (χ1) is 18.3. The molecule has 183 valence electrons. The van der Waals surface area contributed by atoms with Gasteiger partial charge in [-0.25, -0.2) is 0 Å². The Kier molecular flexibility index (Phi) is 6.33. The van der Waals surface area contributed by atoms with Crippen LogP contribution in [0.5, 0.6) is 0 Å². The van der Waals surface area contributed by atoms with E-state index in [0.717, 1.165) is 27.9 Å². The summed E-state index contributed by atoms with van der Waals surface area (Å²) < 4.78 is 0. The van der Waals surface area contributed by atoms with Gasteiger partial charge in [-0.15, -0.1) is 65.5 Å². The van der Waals surface area contributed by atoms with Gasteiger partial charge in [0.1, 0.15) is 0 Å². The maximum Gasteiger partial charge on any atom is 0.0266 e. The number of pyridine rings is 2. The first kappa shape index (κ1) is 24.2. The molecule has 6 aromatic carbocycles. The molecular weight excluding hydrogens is 641 g/mol. The molecule has 0 atom stereocenters. The van der Waals surface area contributed by atoms with E-state index in [1.807, 2.05) is 61.7 Å². The Labute approximate surface area is 234 Å². The predicted octanol–water partition coefficient (Wildman–Crippen LogP) is 8.94. The molecule has 0 saturated carbocycles. The van der Waals surface area contributed by atoms with Gasteiger partial charge >= 0.3 is 0 Å². The number of aromatic nitrogens is 2. The number of fused-ring (bicyclic) bond motifs is 6. The topological polar surface area (TPSA) is 25.8 Å². The van der Waals surface area contributed by atoms with E-state index in [0.29, 0.717) is 0 Å². The molecule has 0 bridgehead atoms. The maximum atomic E-state index is 4.74. The molecule has 2 heterocycles. The summed E-state index contributed by atoms with van der Waals surface area (Å²) in [5.41, 5.74) is 4.12. The zero-order valence-electron chi connectivity index (χ0n) is 20.7. The van der Waals surface area contributed by atoms with Gasteiger partial charge < -0.3 is 9.97 Å². The first-order valence-electron chi connectivity index (χ1n) is 12.4. The molecule has 38 heavy (non-hydrogen) atoms. The summed E-state index contributed by atoms with van der Waals surface area (Å²) >= 11 is 0. The quantitative estimate of drug-likeness (QED) is 0.0997. The van der Waals surface area contributed by atoms with Gasteiger partial charge in [-0.2, -0.15) is 0 Å². The molecule has 0 amide bonds. The SMILES string of the molecule is Cc1cccc(-c2[c-]cccc2)n1.[Ir].[c-]1cccc2c1c1nccc3c4ccccc4c4cccc2c4c31. The molecule has 1 radical (unpaired) electrons. The van der Waals surface area contributed by atoms with E-state index in [2.05, 4.69) is 77.8 Å². The molecule has 0 aliphatic carbocycles.